The number of nitro groups is 1. The lowest BCUT2D eigenvalue weighted by molar-refractivity contribution is -0.385. The highest BCUT2D eigenvalue weighted by Gasteiger charge is 2.07. The molecular formula is C11H7N4O5S-. The molecule has 0 radical (unpaired) electrons. The number of rotatable bonds is 3. The van der Waals surface area contributed by atoms with Crippen LogP contribution in [0.5, 0.6) is 11.6 Å². The van der Waals surface area contributed by atoms with E-state index in [1.807, 2.05) is 0 Å². The molecule has 10 heteroatoms. The SMILES string of the molecule is O=c1[nH]c(=S)[nH]c(O)c1C=Nc1cc([N+](=O)[O-])ccc1[O-]. The first-order chi connectivity index (χ1) is 9.88. The molecule has 0 aliphatic rings. The molecule has 1 aromatic carbocycles. The Morgan fingerprint density at radius 1 is 1.38 bits per heavy atom. The second-order valence-corrected chi connectivity index (χ2v) is 4.25. The highest BCUT2D eigenvalue weighted by atomic mass is 32.1. The first kappa shape index (κ1) is 14.4. The zero-order chi connectivity index (χ0) is 15.6. The predicted octanol–water partition coefficient (Wildman–Crippen LogP) is 0.870. The van der Waals surface area contributed by atoms with Crippen LogP contribution in [0, 0.1) is 14.9 Å². The molecule has 0 aliphatic carbocycles. The van der Waals surface area contributed by atoms with Gasteiger partial charge in [-0.3, -0.25) is 24.9 Å². The molecule has 0 saturated heterocycles. The fourth-order valence-electron chi connectivity index (χ4n) is 1.46. The van der Waals surface area contributed by atoms with Gasteiger partial charge >= 0.3 is 0 Å². The first-order valence-electron chi connectivity index (χ1n) is 5.43. The van der Waals surface area contributed by atoms with Crippen LogP contribution in [0.2, 0.25) is 0 Å². The summed E-state index contributed by atoms with van der Waals surface area (Å²) in [6, 6.07) is 3.01. The van der Waals surface area contributed by atoms with Crippen LogP contribution in [-0.2, 0) is 0 Å². The fraction of sp³-hybridized carbons (Fsp3) is 0. The van der Waals surface area contributed by atoms with Gasteiger partial charge in [0.25, 0.3) is 11.2 Å². The molecule has 1 heterocycles. The van der Waals surface area contributed by atoms with E-state index in [9.17, 15) is 25.1 Å². The van der Waals surface area contributed by atoms with Gasteiger partial charge in [-0.2, -0.15) is 0 Å². The minimum Gasteiger partial charge on any atom is -0.871 e. The normalized spacial score (nSPS) is 10.9. The molecule has 1 aromatic heterocycles. The zero-order valence-electron chi connectivity index (χ0n) is 10.2. The third kappa shape index (κ3) is 3.12. The maximum Gasteiger partial charge on any atom is 0.271 e. The number of aromatic hydroxyl groups is 1. The number of nitrogens with one attached hydrogen (secondary N) is 2. The number of aromatic amines is 2. The minimum atomic E-state index is -0.710. The molecule has 0 atom stereocenters. The Balaban J connectivity index is 2.47. The van der Waals surface area contributed by atoms with E-state index >= 15 is 0 Å². The van der Waals surface area contributed by atoms with Crippen molar-refractivity contribution in [3.05, 3.63) is 49.0 Å². The lowest BCUT2D eigenvalue weighted by atomic mass is 10.2. The Morgan fingerprint density at radius 2 is 2.10 bits per heavy atom. The van der Waals surface area contributed by atoms with Crippen molar-refractivity contribution in [3.8, 4) is 11.6 Å². The second kappa shape index (κ2) is 5.54. The van der Waals surface area contributed by atoms with Gasteiger partial charge in [0.1, 0.15) is 5.56 Å². The zero-order valence-corrected chi connectivity index (χ0v) is 11.0. The molecule has 0 saturated carbocycles. The summed E-state index contributed by atoms with van der Waals surface area (Å²) in [5.41, 5.74) is -1.51. The summed E-state index contributed by atoms with van der Waals surface area (Å²) in [6.07, 6.45) is 0.917. The summed E-state index contributed by atoms with van der Waals surface area (Å²) in [5.74, 6) is -1.08. The van der Waals surface area contributed by atoms with Gasteiger partial charge in [0.2, 0.25) is 5.88 Å². The van der Waals surface area contributed by atoms with E-state index < -0.39 is 22.1 Å². The minimum absolute atomic E-state index is 0.0745. The maximum atomic E-state index is 11.6. The van der Waals surface area contributed by atoms with Crippen molar-refractivity contribution in [2.45, 2.75) is 0 Å². The topological polar surface area (TPSA) is 147 Å². The van der Waals surface area contributed by atoms with Crippen LogP contribution in [0.1, 0.15) is 5.56 Å². The van der Waals surface area contributed by atoms with Crippen LogP contribution in [0.15, 0.2) is 28.0 Å². The van der Waals surface area contributed by atoms with Crippen molar-refractivity contribution >= 4 is 29.8 Å². The fourth-order valence-corrected chi connectivity index (χ4v) is 1.65. The largest absolute Gasteiger partial charge is 0.871 e. The van der Waals surface area contributed by atoms with E-state index in [2.05, 4.69) is 27.2 Å². The number of H-pyrrole nitrogens is 2. The molecular weight excluding hydrogens is 300 g/mol. The Morgan fingerprint density at radius 3 is 2.71 bits per heavy atom. The number of aromatic nitrogens is 2. The number of benzene rings is 1. The van der Waals surface area contributed by atoms with Crippen molar-refractivity contribution < 1.29 is 15.1 Å². The van der Waals surface area contributed by atoms with E-state index in [1.54, 1.807) is 0 Å². The van der Waals surface area contributed by atoms with Crippen LogP contribution in [0.4, 0.5) is 11.4 Å². The summed E-state index contributed by atoms with van der Waals surface area (Å²) in [6.45, 7) is 0. The summed E-state index contributed by atoms with van der Waals surface area (Å²) in [7, 11) is 0. The van der Waals surface area contributed by atoms with Crippen molar-refractivity contribution in [2.24, 2.45) is 4.99 Å². The van der Waals surface area contributed by atoms with Crippen LogP contribution in [-0.4, -0.2) is 26.2 Å². The molecule has 108 valence electrons. The van der Waals surface area contributed by atoms with Crippen molar-refractivity contribution in [2.75, 3.05) is 0 Å². The number of aliphatic imine (C=N–C) groups is 1. The quantitative estimate of drug-likeness (QED) is 0.331. The maximum absolute atomic E-state index is 11.6. The number of nitrogens with zero attached hydrogens (tertiary/aromatic N) is 2. The van der Waals surface area contributed by atoms with E-state index in [0.717, 1.165) is 24.4 Å². The highest BCUT2D eigenvalue weighted by molar-refractivity contribution is 7.71. The summed E-state index contributed by atoms with van der Waals surface area (Å²) < 4.78 is -0.0745. The van der Waals surface area contributed by atoms with Gasteiger partial charge < -0.3 is 15.2 Å². The number of non-ortho nitro benzene ring substituents is 1. The smallest absolute Gasteiger partial charge is 0.271 e. The summed E-state index contributed by atoms with van der Waals surface area (Å²) in [5, 5.41) is 31.7. The third-order valence-corrected chi connectivity index (χ3v) is 2.65. The standard InChI is InChI=1S/C11H8N4O5S/c16-8-2-1-5(15(19)20)3-7(8)12-4-6-9(17)13-11(21)14-10(6)18/h1-4,16H,(H3,13,14,17,18,21)/p-1. The molecule has 0 fully saturated rings. The van der Waals surface area contributed by atoms with E-state index in [4.69, 9.17) is 0 Å². The van der Waals surface area contributed by atoms with Crippen LogP contribution in [0.3, 0.4) is 0 Å². The van der Waals surface area contributed by atoms with Crippen LogP contribution in [0.25, 0.3) is 0 Å². The van der Waals surface area contributed by atoms with Gasteiger partial charge in [-0.1, -0.05) is 11.8 Å². The predicted molar refractivity (Wildman–Crippen MR) is 73.7 cm³/mol. The van der Waals surface area contributed by atoms with Crippen molar-refractivity contribution in [1.29, 1.82) is 0 Å². The summed E-state index contributed by atoms with van der Waals surface area (Å²) >= 11 is 4.65. The van der Waals surface area contributed by atoms with E-state index in [1.165, 1.54) is 0 Å². The van der Waals surface area contributed by atoms with E-state index in [0.29, 0.717) is 0 Å². The average Bonchev–Trinajstić information content (AvgIpc) is 2.39. The lowest BCUT2D eigenvalue weighted by Gasteiger charge is -2.08. The summed E-state index contributed by atoms with van der Waals surface area (Å²) in [4.78, 5) is 29.7. The van der Waals surface area contributed by atoms with Gasteiger partial charge in [0, 0.05) is 18.3 Å². The third-order valence-electron chi connectivity index (χ3n) is 2.44. The molecule has 0 bridgehead atoms. The van der Waals surface area contributed by atoms with Gasteiger partial charge in [-0.25, -0.2) is 0 Å². The number of hydrogen-bond donors (Lipinski definition) is 3. The molecule has 0 unspecified atom stereocenters. The molecule has 2 rings (SSSR count). The number of nitro benzene ring substituents is 1. The Bertz CT molecular complexity index is 854. The Hall–Kier alpha value is -3.01. The van der Waals surface area contributed by atoms with Crippen LogP contribution >= 0.6 is 12.2 Å². The molecule has 9 nitrogen and oxygen atoms in total. The molecule has 0 amide bonds. The van der Waals surface area contributed by atoms with Crippen LogP contribution < -0.4 is 10.7 Å². The van der Waals surface area contributed by atoms with Gasteiger partial charge in [-0.05, 0) is 12.2 Å². The lowest BCUT2D eigenvalue weighted by Crippen LogP contribution is -2.13. The molecule has 21 heavy (non-hydrogen) atoms. The molecule has 0 aliphatic heterocycles. The van der Waals surface area contributed by atoms with Gasteiger partial charge in [0.15, 0.2) is 4.77 Å². The first-order valence-corrected chi connectivity index (χ1v) is 5.84. The molecule has 3 N–H and O–H groups in total. The van der Waals surface area contributed by atoms with E-state index in [-0.39, 0.29) is 21.7 Å². The van der Waals surface area contributed by atoms with Gasteiger partial charge in [-0.15, -0.1) is 0 Å². The van der Waals surface area contributed by atoms with Crippen molar-refractivity contribution in [3.63, 3.8) is 0 Å². The second-order valence-electron chi connectivity index (χ2n) is 3.84. The molecule has 2 aromatic rings. The van der Waals surface area contributed by atoms with Gasteiger partial charge in [0.05, 0.1) is 10.6 Å². The monoisotopic (exact) mass is 307 g/mol. The number of hydrogen-bond acceptors (Lipinski definition) is 7. The highest BCUT2D eigenvalue weighted by Crippen LogP contribution is 2.28. The van der Waals surface area contributed by atoms with Crippen molar-refractivity contribution in [1.82, 2.24) is 9.97 Å². The average molecular weight is 307 g/mol. The Kier molecular flexibility index (Phi) is 3.80. The Labute approximate surface area is 121 Å². The molecule has 0 spiro atoms.